The first-order valence-corrected chi connectivity index (χ1v) is 8.32. The van der Waals surface area contributed by atoms with Crippen molar-refractivity contribution in [3.63, 3.8) is 0 Å². The van der Waals surface area contributed by atoms with Gasteiger partial charge in [0.2, 0.25) is 0 Å². The predicted molar refractivity (Wildman–Crippen MR) is 101 cm³/mol. The van der Waals surface area contributed by atoms with E-state index in [1.807, 2.05) is 6.07 Å². The molecular formula is C19H25N3S. The van der Waals surface area contributed by atoms with Crippen LogP contribution in [0.5, 0.6) is 0 Å². The predicted octanol–water partition coefficient (Wildman–Crippen LogP) is 2.96. The summed E-state index contributed by atoms with van der Waals surface area (Å²) in [6.45, 7) is 2.56. The lowest BCUT2D eigenvalue weighted by molar-refractivity contribution is 0.402. The monoisotopic (exact) mass is 327 g/mol. The Morgan fingerprint density at radius 1 is 0.870 bits per heavy atom. The molecule has 0 atom stereocenters. The van der Waals surface area contributed by atoms with Crippen LogP contribution in [0.1, 0.15) is 16.7 Å². The van der Waals surface area contributed by atoms with E-state index in [1.165, 1.54) is 16.7 Å². The maximum Gasteiger partial charge on any atom is 0.166 e. The Labute approximate surface area is 144 Å². The SMILES string of the molecule is CN(C)Cc1ccc(CNC(=S)NCCc2ccccc2)cc1. The van der Waals surface area contributed by atoms with Crippen LogP contribution in [0.3, 0.4) is 0 Å². The Bertz CT molecular complexity index is 594. The lowest BCUT2D eigenvalue weighted by atomic mass is 10.1. The van der Waals surface area contributed by atoms with Gasteiger partial charge >= 0.3 is 0 Å². The summed E-state index contributed by atoms with van der Waals surface area (Å²) in [7, 11) is 4.16. The number of benzene rings is 2. The topological polar surface area (TPSA) is 27.3 Å². The normalized spacial score (nSPS) is 10.6. The van der Waals surface area contributed by atoms with Crippen molar-refractivity contribution in [3.05, 3.63) is 71.3 Å². The Hall–Kier alpha value is -1.91. The maximum absolute atomic E-state index is 5.32. The van der Waals surface area contributed by atoms with Gasteiger partial charge in [0.05, 0.1) is 0 Å². The first-order chi connectivity index (χ1) is 11.1. The molecule has 2 N–H and O–H groups in total. The minimum Gasteiger partial charge on any atom is -0.362 e. The number of hydrogen-bond donors (Lipinski definition) is 2. The van der Waals surface area contributed by atoms with Crippen molar-refractivity contribution < 1.29 is 0 Å². The molecule has 4 heteroatoms. The Balaban J connectivity index is 1.67. The lowest BCUT2D eigenvalue weighted by Crippen LogP contribution is -2.35. The van der Waals surface area contributed by atoms with Crippen LogP contribution in [0, 0.1) is 0 Å². The van der Waals surface area contributed by atoms with Gasteiger partial charge in [-0.1, -0.05) is 54.6 Å². The van der Waals surface area contributed by atoms with Gasteiger partial charge < -0.3 is 15.5 Å². The number of thiocarbonyl (C=S) groups is 1. The second-order valence-electron chi connectivity index (χ2n) is 5.90. The van der Waals surface area contributed by atoms with E-state index in [-0.39, 0.29) is 0 Å². The minimum atomic E-state index is 0.707. The molecule has 0 unspecified atom stereocenters. The van der Waals surface area contributed by atoms with Crippen molar-refractivity contribution >= 4 is 17.3 Å². The van der Waals surface area contributed by atoms with E-state index in [1.54, 1.807) is 0 Å². The molecule has 0 amide bonds. The van der Waals surface area contributed by atoms with E-state index < -0.39 is 0 Å². The second-order valence-corrected chi connectivity index (χ2v) is 6.31. The molecule has 0 bridgehead atoms. The van der Waals surface area contributed by atoms with E-state index in [0.717, 1.165) is 26.1 Å². The highest BCUT2D eigenvalue weighted by atomic mass is 32.1. The summed E-state index contributed by atoms with van der Waals surface area (Å²) >= 11 is 5.32. The average Bonchev–Trinajstić information content (AvgIpc) is 2.55. The third-order valence-corrected chi connectivity index (χ3v) is 3.81. The smallest absolute Gasteiger partial charge is 0.166 e. The zero-order chi connectivity index (χ0) is 16.5. The molecule has 0 saturated carbocycles. The molecule has 0 aliphatic rings. The molecule has 122 valence electrons. The molecule has 0 fully saturated rings. The zero-order valence-corrected chi connectivity index (χ0v) is 14.7. The van der Waals surface area contributed by atoms with E-state index >= 15 is 0 Å². The summed E-state index contributed by atoms with van der Waals surface area (Å²) in [5.74, 6) is 0. The Morgan fingerprint density at radius 3 is 2.17 bits per heavy atom. The molecule has 0 saturated heterocycles. The molecule has 0 aliphatic carbocycles. The van der Waals surface area contributed by atoms with Gasteiger partial charge in [-0.2, -0.15) is 0 Å². The van der Waals surface area contributed by atoms with Crippen molar-refractivity contribution in [2.45, 2.75) is 19.5 Å². The van der Waals surface area contributed by atoms with Gasteiger partial charge in [0.15, 0.2) is 5.11 Å². The van der Waals surface area contributed by atoms with Crippen LogP contribution in [0.25, 0.3) is 0 Å². The number of rotatable bonds is 7. The fourth-order valence-electron chi connectivity index (χ4n) is 2.34. The van der Waals surface area contributed by atoms with Crippen LogP contribution in [-0.4, -0.2) is 30.7 Å². The van der Waals surface area contributed by atoms with E-state index in [2.05, 4.69) is 78.2 Å². The van der Waals surface area contributed by atoms with Gasteiger partial charge in [-0.05, 0) is 49.4 Å². The maximum atomic E-state index is 5.32. The third kappa shape index (κ3) is 6.80. The summed E-state index contributed by atoms with van der Waals surface area (Å²) in [6.07, 6.45) is 0.974. The summed E-state index contributed by atoms with van der Waals surface area (Å²) in [6, 6.07) is 19.1. The second kappa shape index (κ2) is 9.28. The summed E-state index contributed by atoms with van der Waals surface area (Å²) in [5.41, 5.74) is 3.88. The fourth-order valence-corrected chi connectivity index (χ4v) is 2.51. The molecule has 2 rings (SSSR count). The molecular weight excluding hydrogens is 302 g/mol. The van der Waals surface area contributed by atoms with Crippen molar-refractivity contribution in [2.24, 2.45) is 0 Å². The summed E-state index contributed by atoms with van der Waals surface area (Å²) in [5, 5.41) is 7.21. The molecule has 0 aliphatic heterocycles. The van der Waals surface area contributed by atoms with Gasteiger partial charge in [-0.3, -0.25) is 0 Å². The lowest BCUT2D eigenvalue weighted by Gasteiger charge is -2.12. The quantitative estimate of drug-likeness (QED) is 0.765. The highest BCUT2D eigenvalue weighted by molar-refractivity contribution is 7.80. The molecule has 3 nitrogen and oxygen atoms in total. The van der Waals surface area contributed by atoms with Crippen molar-refractivity contribution in [2.75, 3.05) is 20.6 Å². The van der Waals surface area contributed by atoms with Gasteiger partial charge in [0.1, 0.15) is 0 Å². The molecule has 0 aromatic heterocycles. The third-order valence-electron chi connectivity index (χ3n) is 3.52. The number of nitrogens with one attached hydrogen (secondary N) is 2. The van der Waals surface area contributed by atoms with Crippen LogP contribution >= 0.6 is 12.2 Å². The molecule has 0 spiro atoms. The standard InChI is InChI=1S/C19H25N3S/c1-22(2)15-18-10-8-17(9-11-18)14-21-19(23)20-13-12-16-6-4-3-5-7-16/h3-11H,12-15H2,1-2H3,(H2,20,21,23). The first-order valence-electron chi connectivity index (χ1n) is 7.91. The highest BCUT2D eigenvalue weighted by Gasteiger charge is 1.99. The van der Waals surface area contributed by atoms with Crippen LogP contribution in [0.15, 0.2) is 54.6 Å². The summed E-state index contributed by atoms with van der Waals surface area (Å²) in [4.78, 5) is 2.17. The fraction of sp³-hybridized carbons (Fsp3) is 0.316. The van der Waals surface area contributed by atoms with E-state index in [0.29, 0.717) is 5.11 Å². The van der Waals surface area contributed by atoms with Gasteiger partial charge in [0.25, 0.3) is 0 Å². The minimum absolute atomic E-state index is 0.707. The Kier molecular flexibility index (Phi) is 7.04. The number of hydrogen-bond acceptors (Lipinski definition) is 2. The largest absolute Gasteiger partial charge is 0.362 e. The molecule has 23 heavy (non-hydrogen) atoms. The van der Waals surface area contributed by atoms with E-state index in [4.69, 9.17) is 12.2 Å². The van der Waals surface area contributed by atoms with E-state index in [9.17, 15) is 0 Å². The molecule has 0 radical (unpaired) electrons. The van der Waals surface area contributed by atoms with Gasteiger partial charge in [-0.15, -0.1) is 0 Å². The molecule has 0 heterocycles. The van der Waals surface area contributed by atoms with Crippen LogP contribution in [0.4, 0.5) is 0 Å². The number of nitrogens with zero attached hydrogens (tertiary/aromatic N) is 1. The highest BCUT2D eigenvalue weighted by Crippen LogP contribution is 2.06. The van der Waals surface area contributed by atoms with Crippen molar-refractivity contribution in [1.82, 2.24) is 15.5 Å². The average molecular weight is 327 g/mol. The first kappa shape index (κ1) is 17.4. The van der Waals surface area contributed by atoms with Crippen molar-refractivity contribution in [1.29, 1.82) is 0 Å². The Morgan fingerprint density at radius 2 is 1.52 bits per heavy atom. The summed E-state index contributed by atoms with van der Waals surface area (Å²) < 4.78 is 0. The van der Waals surface area contributed by atoms with Gasteiger partial charge in [0, 0.05) is 19.6 Å². The molecule has 2 aromatic carbocycles. The van der Waals surface area contributed by atoms with Crippen LogP contribution in [-0.2, 0) is 19.5 Å². The molecule has 2 aromatic rings. The zero-order valence-electron chi connectivity index (χ0n) is 13.9. The van der Waals surface area contributed by atoms with Crippen LogP contribution in [0.2, 0.25) is 0 Å². The van der Waals surface area contributed by atoms with Crippen molar-refractivity contribution in [3.8, 4) is 0 Å². The van der Waals surface area contributed by atoms with Gasteiger partial charge in [-0.25, -0.2) is 0 Å². The van der Waals surface area contributed by atoms with Crippen LogP contribution < -0.4 is 10.6 Å².